The van der Waals surface area contributed by atoms with Gasteiger partial charge in [0.15, 0.2) is 6.54 Å². The van der Waals surface area contributed by atoms with Gasteiger partial charge in [-0.05, 0) is 12.8 Å². The molecule has 0 fully saturated rings. The number of methoxy groups -OCH3 is 1. The lowest BCUT2D eigenvalue weighted by Gasteiger charge is -2.28. The van der Waals surface area contributed by atoms with E-state index in [0.29, 0.717) is 6.54 Å². The zero-order valence-corrected chi connectivity index (χ0v) is 10.0. The van der Waals surface area contributed by atoms with Gasteiger partial charge in [-0.1, -0.05) is 19.8 Å². The van der Waals surface area contributed by atoms with E-state index < -0.39 is 0 Å². The van der Waals surface area contributed by atoms with Crippen LogP contribution in [0.1, 0.15) is 32.6 Å². The van der Waals surface area contributed by atoms with Crippen molar-refractivity contribution in [2.24, 2.45) is 0 Å². The van der Waals surface area contributed by atoms with E-state index in [2.05, 4.69) is 25.8 Å². The highest BCUT2D eigenvalue weighted by molar-refractivity contribution is 5.70. The molecule has 0 aromatic carbocycles. The van der Waals surface area contributed by atoms with Gasteiger partial charge in [-0.3, -0.25) is 0 Å². The maximum absolute atomic E-state index is 11.1. The molecule has 0 aliphatic heterocycles. The van der Waals surface area contributed by atoms with Crippen LogP contribution in [0.15, 0.2) is 0 Å². The number of carbonyl (C=O) groups is 1. The van der Waals surface area contributed by atoms with Crippen molar-refractivity contribution >= 4 is 5.97 Å². The topological polar surface area (TPSA) is 26.3 Å². The second-order valence-electron chi connectivity index (χ2n) is 4.45. The van der Waals surface area contributed by atoms with Crippen LogP contribution in [0.4, 0.5) is 0 Å². The maximum Gasteiger partial charge on any atom is 0.361 e. The van der Waals surface area contributed by atoms with Gasteiger partial charge >= 0.3 is 5.97 Å². The third-order valence-electron chi connectivity index (χ3n) is 2.40. The second-order valence-corrected chi connectivity index (χ2v) is 4.45. The predicted octanol–water partition coefficient (Wildman–Crippen LogP) is 1.82. The van der Waals surface area contributed by atoms with Crippen LogP contribution in [0.25, 0.3) is 0 Å². The number of rotatable bonds is 7. The van der Waals surface area contributed by atoms with Crippen LogP contribution in [-0.4, -0.2) is 44.7 Å². The summed E-state index contributed by atoms with van der Waals surface area (Å²) in [4.78, 5) is 11.1. The first-order valence-electron chi connectivity index (χ1n) is 5.40. The standard InChI is InChI=1S/C11H24NO2/c1-5-6-7-8-9-12(2,3)10-11(13)14-4/h5-10H2,1-4H3/q+1. The lowest BCUT2D eigenvalue weighted by molar-refractivity contribution is -0.883. The van der Waals surface area contributed by atoms with Gasteiger partial charge in [0, 0.05) is 0 Å². The van der Waals surface area contributed by atoms with Crippen molar-refractivity contribution in [3.8, 4) is 0 Å². The zero-order chi connectivity index (χ0) is 11.0. The summed E-state index contributed by atoms with van der Waals surface area (Å²) >= 11 is 0. The molecule has 0 aliphatic carbocycles. The SMILES string of the molecule is CCCCCC[N+](C)(C)CC(=O)OC. The Kier molecular flexibility index (Phi) is 6.54. The molecule has 0 heterocycles. The van der Waals surface area contributed by atoms with Crippen molar-refractivity contribution in [3.05, 3.63) is 0 Å². The van der Waals surface area contributed by atoms with Gasteiger partial charge in [-0.2, -0.15) is 0 Å². The van der Waals surface area contributed by atoms with Gasteiger partial charge in [0.2, 0.25) is 0 Å². The number of nitrogens with zero attached hydrogens (tertiary/aromatic N) is 1. The second kappa shape index (κ2) is 6.82. The fraction of sp³-hybridized carbons (Fsp3) is 0.909. The van der Waals surface area contributed by atoms with Gasteiger partial charge in [0.05, 0.1) is 27.7 Å². The van der Waals surface area contributed by atoms with Gasteiger partial charge < -0.3 is 9.22 Å². The van der Waals surface area contributed by atoms with E-state index in [1.54, 1.807) is 0 Å². The van der Waals surface area contributed by atoms with E-state index in [0.717, 1.165) is 11.0 Å². The number of carbonyl (C=O) groups excluding carboxylic acids is 1. The highest BCUT2D eigenvalue weighted by Crippen LogP contribution is 2.05. The Bertz CT molecular complexity index is 167. The molecule has 3 heteroatoms. The number of likely N-dealkylation sites (N-methyl/N-ethyl adjacent to an activating group) is 1. The Hall–Kier alpha value is -0.570. The van der Waals surface area contributed by atoms with Crippen LogP contribution in [0.5, 0.6) is 0 Å². The Labute approximate surface area is 87.6 Å². The molecule has 0 saturated carbocycles. The number of hydrogen-bond acceptors (Lipinski definition) is 2. The molecule has 0 unspecified atom stereocenters. The van der Waals surface area contributed by atoms with Crippen molar-refractivity contribution < 1.29 is 14.0 Å². The Morgan fingerprint density at radius 2 is 1.86 bits per heavy atom. The smallest absolute Gasteiger partial charge is 0.361 e. The lowest BCUT2D eigenvalue weighted by atomic mass is 10.2. The molecular formula is C11H24NO2+. The van der Waals surface area contributed by atoms with Crippen LogP contribution < -0.4 is 0 Å². The van der Waals surface area contributed by atoms with E-state index in [1.807, 2.05) is 0 Å². The average Bonchev–Trinajstić information content (AvgIpc) is 2.12. The first-order valence-corrected chi connectivity index (χ1v) is 5.40. The monoisotopic (exact) mass is 202 g/mol. The van der Waals surface area contributed by atoms with E-state index >= 15 is 0 Å². The van der Waals surface area contributed by atoms with Crippen LogP contribution in [-0.2, 0) is 9.53 Å². The van der Waals surface area contributed by atoms with Crippen molar-refractivity contribution in [2.45, 2.75) is 32.6 Å². The van der Waals surface area contributed by atoms with E-state index in [4.69, 9.17) is 0 Å². The molecule has 0 aromatic heterocycles. The number of unbranched alkanes of at least 4 members (excludes halogenated alkanes) is 3. The maximum atomic E-state index is 11.1. The minimum Gasteiger partial charge on any atom is -0.465 e. The van der Waals surface area contributed by atoms with Crippen molar-refractivity contribution in [1.82, 2.24) is 0 Å². The molecule has 0 atom stereocenters. The fourth-order valence-electron chi connectivity index (χ4n) is 1.46. The van der Waals surface area contributed by atoms with Crippen LogP contribution in [0.2, 0.25) is 0 Å². The molecule has 14 heavy (non-hydrogen) atoms. The van der Waals surface area contributed by atoms with Gasteiger partial charge in [0.1, 0.15) is 0 Å². The van der Waals surface area contributed by atoms with E-state index in [9.17, 15) is 4.79 Å². The van der Waals surface area contributed by atoms with Gasteiger partial charge in [-0.25, -0.2) is 4.79 Å². The molecule has 0 saturated heterocycles. The molecule has 0 rings (SSSR count). The lowest BCUT2D eigenvalue weighted by Crippen LogP contribution is -2.44. The van der Waals surface area contributed by atoms with Crippen molar-refractivity contribution in [1.29, 1.82) is 0 Å². The molecule has 84 valence electrons. The molecule has 0 bridgehead atoms. The molecule has 0 radical (unpaired) electrons. The van der Waals surface area contributed by atoms with Crippen molar-refractivity contribution in [2.75, 3.05) is 34.3 Å². The van der Waals surface area contributed by atoms with E-state index in [1.165, 1.54) is 32.8 Å². The Balaban J connectivity index is 3.66. The molecule has 0 N–H and O–H groups in total. The normalized spacial score (nSPS) is 11.4. The Morgan fingerprint density at radius 3 is 2.36 bits per heavy atom. The number of ether oxygens (including phenoxy) is 1. The van der Waals surface area contributed by atoms with Crippen molar-refractivity contribution in [3.63, 3.8) is 0 Å². The number of esters is 1. The summed E-state index contributed by atoms with van der Waals surface area (Å²) in [6.07, 6.45) is 5.00. The summed E-state index contributed by atoms with van der Waals surface area (Å²) in [5.41, 5.74) is 0. The third-order valence-corrected chi connectivity index (χ3v) is 2.40. The largest absolute Gasteiger partial charge is 0.465 e. The van der Waals surface area contributed by atoms with Crippen LogP contribution in [0, 0.1) is 0 Å². The average molecular weight is 202 g/mol. The summed E-state index contributed by atoms with van der Waals surface area (Å²) in [5, 5.41) is 0. The summed E-state index contributed by atoms with van der Waals surface area (Å²) in [6, 6.07) is 0. The molecule has 0 spiro atoms. The molecule has 0 aromatic rings. The number of quaternary nitrogens is 1. The summed E-state index contributed by atoms with van der Waals surface area (Å²) in [7, 11) is 5.59. The summed E-state index contributed by atoms with van der Waals surface area (Å²) in [5.74, 6) is -0.120. The molecular weight excluding hydrogens is 178 g/mol. The first-order chi connectivity index (χ1) is 6.52. The minimum atomic E-state index is -0.120. The molecule has 3 nitrogen and oxygen atoms in total. The minimum absolute atomic E-state index is 0.120. The van der Waals surface area contributed by atoms with Gasteiger partial charge in [-0.15, -0.1) is 0 Å². The highest BCUT2D eigenvalue weighted by atomic mass is 16.5. The van der Waals surface area contributed by atoms with Gasteiger partial charge in [0.25, 0.3) is 0 Å². The predicted molar refractivity (Wildman–Crippen MR) is 58.0 cm³/mol. The fourth-order valence-corrected chi connectivity index (χ4v) is 1.46. The van der Waals surface area contributed by atoms with Crippen LogP contribution >= 0.6 is 0 Å². The molecule has 0 amide bonds. The van der Waals surface area contributed by atoms with Crippen LogP contribution in [0.3, 0.4) is 0 Å². The summed E-state index contributed by atoms with van der Waals surface area (Å²) < 4.78 is 5.39. The Morgan fingerprint density at radius 1 is 1.21 bits per heavy atom. The first kappa shape index (κ1) is 13.4. The number of hydrogen-bond donors (Lipinski definition) is 0. The molecule has 0 aliphatic rings. The third kappa shape index (κ3) is 6.89. The summed E-state index contributed by atoms with van der Waals surface area (Å²) in [6.45, 7) is 3.73. The highest BCUT2D eigenvalue weighted by Gasteiger charge is 2.19. The van der Waals surface area contributed by atoms with E-state index in [-0.39, 0.29) is 5.97 Å². The quantitative estimate of drug-likeness (QED) is 0.357. The zero-order valence-electron chi connectivity index (χ0n) is 10.0.